The summed E-state index contributed by atoms with van der Waals surface area (Å²) in [7, 11) is 0. The van der Waals surface area contributed by atoms with Gasteiger partial charge in [-0.15, -0.1) is 0 Å². The van der Waals surface area contributed by atoms with Gasteiger partial charge in [0.1, 0.15) is 29.6 Å². The molecule has 0 spiro atoms. The third-order valence-corrected chi connectivity index (χ3v) is 4.81. The minimum absolute atomic E-state index is 0.0457. The number of carbonyl (C=O) groups is 2. The largest absolute Gasteiger partial charge is 0.457 e. The third kappa shape index (κ3) is 5.81. The number of hydrogen-bond acceptors (Lipinski definition) is 6. The number of nitrogens with two attached hydrogens (primary N) is 1. The lowest BCUT2D eigenvalue weighted by atomic mass is 9.87. The Hall–Kier alpha value is -3.94. The molecule has 8 heteroatoms. The molecule has 3 rings (SSSR count). The van der Waals surface area contributed by atoms with E-state index in [0.29, 0.717) is 22.9 Å². The van der Waals surface area contributed by atoms with E-state index in [2.05, 4.69) is 41.4 Å². The summed E-state index contributed by atoms with van der Waals surface area (Å²) >= 11 is 0. The monoisotopic (exact) mass is 433 g/mol. The van der Waals surface area contributed by atoms with E-state index in [9.17, 15) is 9.59 Å². The summed E-state index contributed by atoms with van der Waals surface area (Å²) in [6.45, 7) is 8.08. The minimum atomic E-state index is -0.661. The molecule has 2 aromatic carbocycles. The van der Waals surface area contributed by atoms with Crippen molar-refractivity contribution in [3.05, 3.63) is 72.3 Å². The van der Waals surface area contributed by atoms with Crippen LogP contribution in [0.25, 0.3) is 0 Å². The van der Waals surface area contributed by atoms with Crippen LogP contribution in [0, 0.1) is 0 Å². The predicted octanol–water partition coefficient (Wildman–Crippen LogP) is 4.10. The highest BCUT2D eigenvalue weighted by molar-refractivity contribution is 6.04. The van der Waals surface area contributed by atoms with Crippen LogP contribution in [0.5, 0.6) is 11.5 Å². The molecule has 0 radical (unpaired) electrons. The van der Waals surface area contributed by atoms with Gasteiger partial charge in [-0.05, 0) is 48.2 Å². The number of carbonyl (C=O) groups excluding carboxylic acids is 2. The van der Waals surface area contributed by atoms with E-state index in [1.807, 2.05) is 24.3 Å². The topological polar surface area (TPSA) is 119 Å². The van der Waals surface area contributed by atoms with Gasteiger partial charge >= 0.3 is 0 Å². The summed E-state index contributed by atoms with van der Waals surface area (Å²) in [4.78, 5) is 31.9. The average molecular weight is 434 g/mol. The number of hydrogen-bond donors (Lipinski definition) is 3. The first-order valence-corrected chi connectivity index (χ1v) is 10.2. The van der Waals surface area contributed by atoms with Gasteiger partial charge in [0.25, 0.3) is 5.91 Å². The Morgan fingerprint density at radius 2 is 1.69 bits per heavy atom. The number of rotatable bonds is 7. The van der Waals surface area contributed by atoms with Crippen LogP contribution in [-0.2, 0) is 10.2 Å². The lowest BCUT2D eigenvalue weighted by Crippen LogP contribution is -2.32. The second-order valence-electron chi connectivity index (χ2n) is 8.40. The number of amides is 2. The van der Waals surface area contributed by atoms with E-state index in [0.717, 1.165) is 0 Å². The maximum atomic E-state index is 12.5. The summed E-state index contributed by atoms with van der Waals surface area (Å²) in [5, 5.41) is 5.81. The zero-order valence-corrected chi connectivity index (χ0v) is 18.5. The fourth-order valence-corrected chi connectivity index (χ4v) is 2.89. The third-order valence-electron chi connectivity index (χ3n) is 4.81. The Kier molecular flexibility index (Phi) is 6.73. The fourth-order valence-electron chi connectivity index (χ4n) is 2.89. The Labute approximate surface area is 187 Å². The molecule has 0 aliphatic heterocycles. The fraction of sp³-hybridized carbons (Fsp3) is 0.250. The molecule has 1 aromatic heterocycles. The van der Waals surface area contributed by atoms with Crippen molar-refractivity contribution in [2.45, 2.75) is 39.2 Å². The SMILES string of the molecule is C[C@H](Nc1cc(Oc2ccc(C(C)(C)C)cc2)ccc1NC(=O)c1ccncn1)C(N)=O. The molecule has 0 aliphatic carbocycles. The molecule has 4 N–H and O–H groups in total. The summed E-state index contributed by atoms with van der Waals surface area (Å²) in [6, 6.07) is 13.8. The van der Waals surface area contributed by atoms with Gasteiger partial charge < -0.3 is 21.1 Å². The van der Waals surface area contributed by atoms with Crippen molar-refractivity contribution in [3.8, 4) is 11.5 Å². The van der Waals surface area contributed by atoms with E-state index in [1.165, 1.54) is 24.2 Å². The van der Waals surface area contributed by atoms with Gasteiger partial charge in [-0.1, -0.05) is 32.9 Å². The van der Waals surface area contributed by atoms with E-state index in [-0.39, 0.29) is 11.1 Å². The average Bonchev–Trinajstić information content (AvgIpc) is 2.75. The van der Waals surface area contributed by atoms with Crippen molar-refractivity contribution >= 4 is 23.2 Å². The molecule has 2 amide bonds. The van der Waals surface area contributed by atoms with Crippen LogP contribution in [0.15, 0.2) is 61.1 Å². The maximum absolute atomic E-state index is 12.5. The summed E-state index contributed by atoms with van der Waals surface area (Å²) < 4.78 is 5.98. The quantitative estimate of drug-likeness (QED) is 0.516. The predicted molar refractivity (Wildman–Crippen MR) is 124 cm³/mol. The zero-order chi connectivity index (χ0) is 23.3. The number of anilines is 2. The van der Waals surface area contributed by atoms with Gasteiger partial charge in [0.2, 0.25) is 5.91 Å². The molecule has 3 aromatic rings. The zero-order valence-electron chi connectivity index (χ0n) is 18.5. The van der Waals surface area contributed by atoms with Gasteiger partial charge in [-0.25, -0.2) is 9.97 Å². The van der Waals surface area contributed by atoms with E-state index in [4.69, 9.17) is 10.5 Å². The molecule has 0 bridgehead atoms. The van der Waals surface area contributed by atoms with Crippen molar-refractivity contribution in [1.82, 2.24) is 9.97 Å². The lowest BCUT2D eigenvalue weighted by molar-refractivity contribution is -0.118. The van der Waals surface area contributed by atoms with Gasteiger partial charge in [-0.3, -0.25) is 9.59 Å². The Morgan fingerprint density at radius 3 is 2.28 bits per heavy atom. The molecule has 0 saturated carbocycles. The van der Waals surface area contributed by atoms with Gasteiger partial charge in [0.15, 0.2) is 0 Å². The van der Waals surface area contributed by atoms with Gasteiger partial charge in [0.05, 0.1) is 11.4 Å². The van der Waals surface area contributed by atoms with E-state index in [1.54, 1.807) is 25.1 Å². The summed E-state index contributed by atoms with van der Waals surface area (Å²) in [6.07, 6.45) is 2.78. The minimum Gasteiger partial charge on any atom is -0.457 e. The first-order chi connectivity index (χ1) is 15.1. The molecular formula is C24H27N5O3. The molecule has 32 heavy (non-hydrogen) atoms. The molecule has 0 aliphatic rings. The first-order valence-electron chi connectivity index (χ1n) is 10.2. The van der Waals surface area contributed by atoms with Crippen LogP contribution in [0.2, 0.25) is 0 Å². The highest BCUT2D eigenvalue weighted by Crippen LogP contribution is 2.32. The van der Waals surface area contributed by atoms with Crippen LogP contribution in [-0.4, -0.2) is 27.8 Å². The van der Waals surface area contributed by atoms with Crippen LogP contribution >= 0.6 is 0 Å². The highest BCUT2D eigenvalue weighted by atomic mass is 16.5. The van der Waals surface area contributed by atoms with Gasteiger partial charge in [-0.2, -0.15) is 0 Å². The van der Waals surface area contributed by atoms with Crippen molar-refractivity contribution in [2.75, 3.05) is 10.6 Å². The van der Waals surface area contributed by atoms with Crippen LogP contribution in [0.3, 0.4) is 0 Å². The molecule has 1 atom stereocenters. The van der Waals surface area contributed by atoms with Crippen LogP contribution in [0.4, 0.5) is 11.4 Å². The summed E-state index contributed by atoms with van der Waals surface area (Å²) in [5.74, 6) is 0.271. The van der Waals surface area contributed by atoms with Crippen LogP contribution < -0.4 is 21.1 Å². The van der Waals surface area contributed by atoms with Crippen LogP contribution in [0.1, 0.15) is 43.7 Å². The van der Waals surface area contributed by atoms with Crippen molar-refractivity contribution in [1.29, 1.82) is 0 Å². The van der Waals surface area contributed by atoms with Crippen molar-refractivity contribution < 1.29 is 14.3 Å². The van der Waals surface area contributed by atoms with Crippen molar-refractivity contribution in [3.63, 3.8) is 0 Å². The van der Waals surface area contributed by atoms with E-state index < -0.39 is 17.9 Å². The molecule has 1 heterocycles. The number of benzene rings is 2. The molecule has 0 unspecified atom stereocenters. The molecular weight excluding hydrogens is 406 g/mol. The number of primary amides is 1. The number of ether oxygens (including phenoxy) is 1. The first kappa shape index (κ1) is 22.7. The number of nitrogens with zero attached hydrogens (tertiary/aromatic N) is 2. The van der Waals surface area contributed by atoms with Gasteiger partial charge in [0, 0.05) is 12.3 Å². The van der Waals surface area contributed by atoms with E-state index >= 15 is 0 Å². The smallest absolute Gasteiger partial charge is 0.274 e. The Morgan fingerprint density at radius 1 is 1.00 bits per heavy atom. The molecule has 8 nitrogen and oxygen atoms in total. The highest BCUT2D eigenvalue weighted by Gasteiger charge is 2.16. The van der Waals surface area contributed by atoms with Crippen molar-refractivity contribution in [2.24, 2.45) is 5.73 Å². The Bertz CT molecular complexity index is 1090. The summed E-state index contributed by atoms with van der Waals surface area (Å²) in [5.41, 5.74) is 7.81. The maximum Gasteiger partial charge on any atom is 0.274 e. The molecule has 0 fully saturated rings. The Balaban J connectivity index is 1.85. The lowest BCUT2D eigenvalue weighted by Gasteiger charge is -2.20. The number of nitrogens with one attached hydrogen (secondary N) is 2. The standard InChI is InChI=1S/C24H27N5O3/c1-15(22(25)30)28-21-13-18(32-17-7-5-16(6-8-17)24(2,3)4)9-10-19(21)29-23(31)20-11-12-26-14-27-20/h5-15,28H,1-4H3,(H2,25,30)(H,29,31)/t15-/m0/s1. The second kappa shape index (κ2) is 9.47. The second-order valence-corrected chi connectivity index (χ2v) is 8.40. The normalized spacial score (nSPS) is 12.0. The molecule has 0 saturated heterocycles. The number of aromatic nitrogens is 2. The molecule has 166 valence electrons.